The van der Waals surface area contributed by atoms with Gasteiger partial charge in [-0.1, -0.05) is 12.1 Å². The van der Waals surface area contributed by atoms with E-state index in [-0.39, 0.29) is 5.82 Å². The van der Waals surface area contributed by atoms with Crippen LogP contribution in [0.25, 0.3) is 0 Å². The van der Waals surface area contributed by atoms with Crippen molar-refractivity contribution in [2.75, 3.05) is 19.0 Å². The molecule has 1 nitrogen and oxygen atoms in total. The fraction of sp³-hybridized carbons (Fsp3) is 0.571. The highest BCUT2D eigenvalue weighted by Gasteiger charge is 2.24. The quantitative estimate of drug-likeness (QED) is 0.812. The molecule has 1 saturated heterocycles. The minimum Gasteiger partial charge on any atom is -0.317 e. The van der Waals surface area contributed by atoms with E-state index in [2.05, 4.69) is 5.32 Å². The van der Waals surface area contributed by atoms with Crippen LogP contribution in [0.15, 0.2) is 24.3 Å². The second kappa shape index (κ2) is 6.36. The number of hydrogen-bond donors (Lipinski definition) is 1. The van der Waals surface area contributed by atoms with Crippen LogP contribution < -0.4 is 5.32 Å². The van der Waals surface area contributed by atoms with Crippen molar-refractivity contribution in [1.82, 2.24) is 5.32 Å². The van der Waals surface area contributed by atoms with E-state index in [1.54, 1.807) is 12.1 Å². The van der Waals surface area contributed by atoms with E-state index in [1.165, 1.54) is 18.4 Å². The second-order valence-electron chi connectivity index (χ2n) is 4.72. The summed E-state index contributed by atoms with van der Waals surface area (Å²) in [6.45, 7) is 2.18. The maximum Gasteiger partial charge on any atom is 0.123 e. The lowest BCUT2D eigenvalue weighted by Gasteiger charge is -2.30. The first-order valence-corrected chi connectivity index (χ1v) is 6.87. The first-order valence-electron chi connectivity index (χ1n) is 6.33. The molecule has 1 atom stereocenters. The highest BCUT2D eigenvalue weighted by molar-refractivity contribution is 6.17. The van der Waals surface area contributed by atoms with Gasteiger partial charge in [-0.05, 0) is 61.9 Å². The van der Waals surface area contributed by atoms with Crippen LogP contribution in [0.1, 0.15) is 30.7 Å². The molecule has 1 aliphatic heterocycles. The molecule has 3 heteroatoms. The van der Waals surface area contributed by atoms with Crippen molar-refractivity contribution in [2.45, 2.75) is 25.2 Å². The molecule has 0 radical (unpaired) electrons. The molecule has 94 valence electrons. The summed E-state index contributed by atoms with van der Waals surface area (Å²) in [6.07, 6.45) is 3.37. The van der Waals surface area contributed by atoms with Crippen molar-refractivity contribution in [3.63, 3.8) is 0 Å². The number of halogens is 2. The van der Waals surface area contributed by atoms with E-state index >= 15 is 0 Å². The molecular formula is C14H19ClFN. The van der Waals surface area contributed by atoms with E-state index in [0.29, 0.717) is 17.7 Å². The molecule has 0 aromatic heterocycles. The van der Waals surface area contributed by atoms with Gasteiger partial charge in [0.1, 0.15) is 5.82 Å². The smallest absolute Gasteiger partial charge is 0.123 e. The third-order valence-electron chi connectivity index (χ3n) is 3.67. The molecule has 0 aliphatic carbocycles. The highest BCUT2D eigenvalue weighted by atomic mass is 35.5. The Kier molecular flexibility index (Phi) is 4.81. The molecule has 17 heavy (non-hydrogen) atoms. The Balaban J connectivity index is 2.12. The fourth-order valence-electron chi connectivity index (χ4n) is 2.75. The zero-order valence-corrected chi connectivity index (χ0v) is 10.7. The van der Waals surface area contributed by atoms with E-state index in [9.17, 15) is 4.39 Å². The summed E-state index contributed by atoms with van der Waals surface area (Å²) in [7, 11) is 0. The van der Waals surface area contributed by atoms with Gasteiger partial charge in [-0.25, -0.2) is 4.39 Å². The normalized spacial score (nSPS) is 19.2. The van der Waals surface area contributed by atoms with Gasteiger partial charge in [-0.2, -0.15) is 0 Å². The molecule has 1 aliphatic rings. The van der Waals surface area contributed by atoms with Crippen molar-refractivity contribution in [3.8, 4) is 0 Å². The Labute approximate surface area is 107 Å². The molecule has 0 bridgehead atoms. The SMILES string of the molecule is Fc1ccc(C(CCCl)C2CCNCC2)cc1. The molecule has 0 amide bonds. The average Bonchev–Trinajstić information content (AvgIpc) is 2.38. The number of benzene rings is 1. The number of nitrogens with one attached hydrogen (secondary N) is 1. The minimum atomic E-state index is -0.163. The summed E-state index contributed by atoms with van der Waals surface area (Å²) in [6, 6.07) is 6.93. The highest BCUT2D eigenvalue weighted by Crippen LogP contribution is 2.34. The van der Waals surface area contributed by atoms with Gasteiger partial charge in [0.15, 0.2) is 0 Å². The van der Waals surface area contributed by atoms with Crippen molar-refractivity contribution >= 4 is 11.6 Å². The van der Waals surface area contributed by atoms with Gasteiger partial charge in [-0.15, -0.1) is 11.6 Å². The minimum absolute atomic E-state index is 0.163. The largest absolute Gasteiger partial charge is 0.317 e. The molecule has 1 aromatic rings. The standard InChI is InChI=1S/C14H19ClFN/c15-8-5-14(12-6-9-17-10-7-12)11-1-3-13(16)4-2-11/h1-4,12,14,17H,5-10H2. The number of alkyl halides is 1. The molecule has 0 spiro atoms. The lowest BCUT2D eigenvalue weighted by molar-refractivity contribution is 0.313. The number of rotatable bonds is 4. The van der Waals surface area contributed by atoms with Crippen molar-refractivity contribution < 1.29 is 4.39 Å². The third-order valence-corrected chi connectivity index (χ3v) is 3.89. The van der Waals surface area contributed by atoms with Gasteiger partial charge in [0.2, 0.25) is 0 Å². The molecule has 1 aromatic carbocycles. The van der Waals surface area contributed by atoms with Crippen molar-refractivity contribution in [2.24, 2.45) is 5.92 Å². The van der Waals surface area contributed by atoms with E-state index in [4.69, 9.17) is 11.6 Å². The van der Waals surface area contributed by atoms with Crippen LogP contribution in [0, 0.1) is 11.7 Å². The second-order valence-corrected chi connectivity index (χ2v) is 5.10. The maximum absolute atomic E-state index is 12.9. The third kappa shape index (κ3) is 3.43. The Morgan fingerprint density at radius 3 is 2.47 bits per heavy atom. The van der Waals surface area contributed by atoms with E-state index < -0.39 is 0 Å². The van der Waals surface area contributed by atoms with Gasteiger partial charge in [0.25, 0.3) is 0 Å². The number of hydrogen-bond acceptors (Lipinski definition) is 1. The molecule has 1 fully saturated rings. The van der Waals surface area contributed by atoms with Gasteiger partial charge >= 0.3 is 0 Å². The van der Waals surface area contributed by atoms with Gasteiger partial charge in [-0.3, -0.25) is 0 Å². The summed E-state index contributed by atoms with van der Waals surface area (Å²) in [4.78, 5) is 0. The Hall–Kier alpha value is -0.600. The van der Waals surface area contributed by atoms with E-state index in [1.807, 2.05) is 12.1 Å². The lowest BCUT2D eigenvalue weighted by atomic mass is 9.79. The van der Waals surface area contributed by atoms with Gasteiger partial charge in [0, 0.05) is 5.88 Å². The predicted octanol–water partition coefficient (Wildman–Crippen LogP) is 3.54. The zero-order valence-electron chi connectivity index (χ0n) is 9.96. The van der Waals surface area contributed by atoms with E-state index in [0.717, 1.165) is 19.5 Å². The van der Waals surface area contributed by atoms with Crippen LogP contribution in [0.5, 0.6) is 0 Å². The molecular weight excluding hydrogens is 237 g/mol. The first-order chi connectivity index (χ1) is 8.31. The Morgan fingerprint density at radius 2 is 1.88 bits per heavy atom. The van der Waals surface area contributed by atoms with Crippen molar-refractivity contribution in [1.29, 1.82) is 0 Å². The van der Waals surface area contributed by atoms with Gasteiger partial charge < -0.3 is 5.32 Å². The van der Waals surface area contributed by atoms with Crippen LogP contribution in [-0.4, -0.2) is 19.0 Å². The molecule has 2 rings (SSSR count). The Morgan fingerprint density at radius 1 is 1.24 bits per heavy atom. The predicted molar refractivity (Wildman–Crippen MR) is 70.1 cm³/mol. The summed E-state index contributed by atoms with van der Waals surface area (Å²) >= 11 is 5.91. The monoisotopic (exact) mass is 255 g/mol. The molecule has 1 heterocycles. The summed E-state index contributed by atoms with van der Waals surface area (Å²) in [5.74, 6) is 1.67. The van der Waals surface area contributed by atoms with Crippen LogP contribution in [-0.2, 0) is 0 Å². The maximum atomic E-state index is 12.9. The summed E-state index contributed by atoms with van der Waals surface area (Å²) in [5.41, 5.74) is 1.24. The summed E-state index contributed by atoms with van der Waals surface area (Å²) in [5, 5.41) is 3.38. The lowest BCUT2D eigenvalue weighted by Crippen LogP contribution is -2.31. The zero-order chi connectivity index (χ0) is 12.1. The fourth-order valence-corrected chi connectivity index (χ4v) is 2.98. The Bertz CT molecular complexity index is 333. The van der Waals surface area contributed by atoms with Crippen LogP contribution in [0.4, 0.5) is 4.39 Å². The van der Waals surface area contributed by atoms with Crippen LogP contribution in [0.3, 0.4) is 0 Å². The first kappa shape index (κ1) is 12.8. The van der Waals surface area contributed by atoms with Crippen LogP contribution in [0.2, 0.25) is 0 Å². The topological polar surface area (TPSA) is 12.0 Å². The summed E-state index contributed by atoms with van der Waals surface area (Å²) < 4.78 is 12.9. The molecule has 1 unspecified atom stereocenters. The van der Waals surface area contributed by atoms with Crippen LogP contribution >= 0.6 is 11.6 Å². The number of piperidine rings is 1. The van der Waals surface area contributed by atoms with Gasteiger partial charge in [0.05, 0.1) is 0 Å². The molecule has 0 saturated carbocycles. The average molecular weight is 256 g/mol. The molecule has 1 N–H and O–H groups in total. The van der Waals surface area contributed by atoms with Crippen molar-refractivity contribution in [3.05, 3.63) is 35.6 Å².